The van der Waals surface area contributed by atoms with Crippen LogP contribution in [0, 0.1) is 11.6 Å². The Balaban J connectivity index is 2.01. The van der Waals surface area contributed by atoms with Crippen molar-refractivity contribution < 1.29 is 18.3 Å². The van der Waals surface area contributed by atoms with Crippen LogP contribution in [-0.2, 0) is 11.3 Å². The van der Waals surface area contributed by atoms with Crippen molar-refractivity contribution in [2.45, 2.75) is 19.6 Å². The molecule has 1 unspecified atom stereocenters. The third-order valence-corrected chi connectivity index (χ3v) is 3.53. The summed E-state index contributed by atoms with van der Waals surface area (Å²) in [4.78, 5) is 13.7. The number of hydrogen-bond donors (Lipinski definition) is 0. The summed E-state index contributed by atoms with van der Waals surface area (Å²) in [5.41, 5.74) is 0.674. The zero-order chi connectivity index (χ0) is 17.0. The van der Waals surface area contributed by atoms with Crippen molar-refractivity contribution in [3.8, 4) is 5.75 Å². The van der Waals surface area contributed by atoms with E-state index < -0.39 is 11.9 Å². The second-order valence-corrected chi connectivity index (χ2v) is 5.57. The van der Waals surface area contributed by atoms with E-state index in [0.717, 1.165) is 6.07 Å². The molecule has 2 aromatic rings. The van der Waals surface area contributed by atoms with E-state index in [2.05, 4.69) is 0 Å². The van der Waals surface area contributed by atoms with E-state index in [4.69, 9.17) is 16.3 Å². The quantitative estimate of drug-likeness (QED) is 0.822. The summed E-state index contributed by atoms with van der Waals surface area (Å²) in [6.07, 6.45) is -0.809. The highest BCUT2D eigenvalue weighted by molar-refractivity contribution is 6.32. The van der Waals surface area contributed by atoms with Gasteiger partial charge in [0.1, 0.15) is 17.4 Å². The van der Waals surface area contributed by atoms with Crippen molar-refractivity contribution in [2.24, 2.45) is 0 Å². The zero-order valence-corrected chi connectivity index (χ0v) is 13.5. The highest BCUT2D eigenvalue weighted by Gasteiger charge is 2.20. The molecule has 2 aromatic carbocycles. The van der Waals surface area contributed by atoms with E-state index in [1.807, 2.05) is 0 Å². The van der Waals surface area contributed by atoms with Gasteiger partial charge >= 0.3 is 0 Å². The molecule has 6 heteroatoms. The molecule has 3 nitrogen and oxygen atoms in total. The standard InChI is InChI=1S/C17H16ClF2NO2/c1-11(23-16-7-6-14(20)9-15(16)18)17(22)21(2)10-12-4-3-5-13(19)8-12/h3-9,11H,10H2,1-2H3. The van der Waals surface area contributed by atoms with E-state index in [1.54, 1.807) is 26.1 Å². The molecule has 0 spiro atoms. The van der Waals surface area contributed by atoms with Gasteiger partial charge in [0.25, 0.3) is 5.91 Å². The number of halogens is 3. The molecule has 23 heavy (non-hydrogen) atoms. The summed E-state index contributed by atoms with van der Waals surface area (Å²) in [6, 6.07) is 9.71. The normalized spacial score (nSPS) is 11.9. The second kappa shape index (κ2) is 7.42. The van der Waals surface area contributed by atoms with Gasteiger partial charge in [0, 0.05) is 13.6 Å². The number of amides is 1. The van der Waals surface area contributed by atoms with Crippen LogP contribution in [0.5, 0.6) is 5.75 Å². The fraction of sp³-hybridized carbons (Fsp3) is 0.235. The maximum absolute atomic E-state index is 13.2. The average molecular weight is 340 g/mol. The number of benzene rings is 2. The van der Waals surface area contributed by atoms with Crippen molar-refractivity contribution in [3.05, 3.63) is 64.7 Å². The first-order valence-electron chi connectivity index (χ1n) is 6.98. The lowest BCUT2D eigenvalue weighted by molar-refractivity contribution is -0.137. The van der Waals surface area contributed by atoms with Gasteiger partial charge in [0.05, 0.1) is 5.02 Å². The summed E-state index contributed by atoms with van der Waals surface area (Å²) in [6.45, 7) is 1.82. The molecule has 0 saturated heterocycles. The SMILES string of the molecule is CC(Oc1ccc(F)cc1Cl)C(=O)N(C)Cc1cccc(F)c1. The predicted molar refractivity (Wildman–Crippen MR) is 84.4 cm³/mol. The maximum atomic E-state index is 13.2. The lowest BCUT2D eigenvalue weighted by atomic mass is 10.2. The molecular weight excluding hydrogens is 324 g/mol. The summed E-state index contributed by atoms with van der Waals surface area (Å²) >= 11 is 5.87. The Morgan fingerprint density at radius 1 is 1.22 bits per heavy atom. The van der Waals surface area contributed by atoms with Crippen LogP contribution in [0.15, 0.2) is 42.5 Å². The Bertz CT molecular complexity index is 709. The maximum Gasteiger partial charge on any atom is 0.263 e. The van der Waals surface area contributed by atoms with Gasteiger partial charge in [0.2, 0.25) is 0 Å². The van der Waals surface area contributed by atoms with Crippen molar-refractivity contribution in [1.29, 1.82) is 0 Å². The second-order valence-electron chi connectivity index (χ2n) is 5.16. The largest absolute Gasteiger partial charge is 0.479 e. The van der Waals surface area contributed by atoms with E-state index in [1.165, 1.54) is 29.2 Å². The van der Waals surface area contributed by atoms with Gasteiger partial charge in [0.15, 0.2) is 6.10 Å². The summed E-state index contributed by atoms with van der Waals surface area (Å²) < 4.78 is 31.6. The highest BCUT2D eigenvalue weighted by Crippen LogP contribution is 2.26. The Kier molecular flexibility index (Phi) is 5.55. The lowest BCUT2D eigenvalue weighted by Crippen LogP contribution is -2.37. The molecule has 0 N–H and O–H groups in total. The average Bonchev–Trinajstić information content (AvgIpc) is 2.49. The first-order chi connectivity index (χ1) is 10.9. The third-order valence-electron chi connectivity index (χ3n) is 3.23. The van der Waals surface area contributed by atoms with Gasteiger partial charge in [-0.2, -0.15) is 0 Å². The highest BCUT2D eigenvalue weighted by atomic mass is 35.5. The molecule has 0 fully saturated rings. The molecule has 0 aliphatic rings. The molecule has 0 heterocycles. The number of ether oxygens (including phenoxy) is 1. The lowest BCUT2D eigenvalue weighted by Gasteiger charge is -2.22. The van der Waals surface area contributed by atoms with Crippen LogP contribution in [0.2, 0.25) is 5.02 Å². The Labute approximate surface area is 138 Å². The molecule has 1 atom stereocenters. The van der Waals surface area contributed by atoms with Crippen LogP contribution in [-0.4, -0.2) is 24.0 Å². The molecule has 0 radical (unpaired) electrons. The summed E-state index contributed by atoms with van der Waals surface area (Å²) in [7, 11) is 1.60. The Morgan fingerprint density at radius 3 is 2.57 bits per heavy atom. The van der Waals surface area contributed by atoms with Gasteiger partial charge < -0.3 is 9.64 Å². The van der Waals surface area contributed by atoms with Crippen LogP contribution in [0.3, 0.4) is 0 Å². The molecule has 0 aliphatic heterocycles. The van der Waals surface area contributed by atoms with Crippen LogP contribution >= 0.6 is 11.6 Å². The van der Waals surface area contributed by atoms with Crippen molar-refractivity contribution in [2.75, 3.05) is 7.05 Å². The number of carbonyl (C=O) groups is 1. The number of likely N-dealkylation sites (N-methyl/N-ethyl adjacent to an activating group) is 1. The van der Waals surface area contributed by atoms with Crippen LogP contribution in [0.4, 0.5) is 8.78 Å². The minimum atomic E-state index is -0.809. The van der Waals surface area contributed by atoms with Gasteiger partial charge in [-0.1, -0.05) is 23.7 Å². The summed E-state index contributed by atoms with van der Waals surface area (Å²) in [5.74, 6) is -0.905. The van der Waals surface area contributed by atoms with Gasteiger partial charge in [-0.3, -0.25) is 4.79 Å². The number of hydrogen-bond acceptors (Lipinski definition) is 2. The van der Waals surface area contributed by atoms with Crippen LogP contribution in [0.1, 0.15) is 12.5 Å². The fourth-order valence-electron chi connectivity index (χ4n) is 2.11. The van der Waals surface area contributed by atoms with Crippen LogP contribution in [0.25, 0.3) is 0 Å². The monoisotopic (exact) mass is 339 g/mol. The van der Waals surface area contributed by atoms with Gasteiger partial charge in [-0.25, -0.2) is 8.78 Å². The number of rotatable bonds is 5. The van der Waals surface area contributed by atoms with Crippen LogP contribution < -0.4 is 4.74 Å². The minimum absolute atomic E-state index is 0.0948. The summed E-state index contributed by atoms with van der Waals surface area (Å²) in [5, 5.41) is 0.0948. The Morgan fingerprint density at radius 2 is 1.91 bits per heavy atom. The van der Waals surface area contributed by atoms with Crippen molar-refractivity contribution in [1.82, 2.24) is 4.90 Å². The topological polar surface area (TPSA) is 29.5 Å². The molecule has 0 aromatic heterocycles. The minimum Gasteiger partial charge on any atom is -0.479 e. The molecule has 1 amide bonds. The van der Waals surface area contributed by atoms with E-state index in [0.29, 0.717) is 5.56 Å². The van der Waals surface area contributed by atoms with E-state index in [9.17, 15) is 13.6 Å². The van der Waals surface area contributed by atoms with Crippen molar-refractivity contribution >= 4 is 17.5 Å². The van der Waals surface area contributed by atoms with Gasteiger partial charge in [-0.15, -0.1) is 0 Å². The first kappa shape index (κ1) is 17.2. The predicted octanol–water partition coefficient (Wildman–Crippen LogP) is 4.04. The third kappa shape index (κ3) is 4.66. The fourth-order valence-corrected chi connectivity index (χ4v) is 2.32. The van der Waals surface area contributed by atoms with E-state index in [-0.39, 0.29) is 29.0 Å². The van der Waals surface area contributed by atoms with Gasteiger partial charge in [-0.05, 0) is 42.8 Å². The zero-order valence-electron chi connectivity index (χ0n) is 12.7. The molecule has 0 bridgehead atoms. The first-order valence-corrected chi connectivity index (χ1v) is 7.35. The molecular formula is C17H16ClF2NO2. The number of nitrogens with zero attached hydrogens (tertiary/aromatic N) is 1. The molecule has 122 valence electrons. The Hall–Kier alpha value is -2.14. The van der Waals surface area contributed by atoms with E-state index >= 15 is 0 Å². The number of carbonyl (C=O) groups excluding carboxylic acids is 1. The van der Waals surface area contributed by atoms with Crippen molar-refractivity contribution in [3.63, 3.8) is 0 Å². The molecule has 0 aliphatic carbocycles. The molecule has 0 saturated carbocycles. The molecule has 2 rings (SSSR count). The smallest absolute Gasteiger partial charge is 0.263 e.